The Morgan fingerprint density at radius 1 is 1.62 bits per heavy atom. The summed E-state index contributed by atoms with van der Waals surface area (Å²) in [5.41, 5.74) is 5.17. The van der Waals surface area contributed by atoms with Gasteiger partial charge in [-0.3, -0.25) is 4.79 Å². The molecule has 0 saturated heterocycles. The Morgan fingerprint density at radius 3 is 2.81 bits per heavy atom. The van der Waals surface area contributed by atoms with E-state index in [0.29, 0.717) is 0 Å². The first-order chi connectivity index (χ1) is 7.43. The maximum Gasteiger partial charge on any atom is 0.242 e. The summed E-state index contributed by atoms with van der Waals surface area (Å²) in [4.78, 5) is 15.4. The number of aromatic nitrogens is 3. The monoisotopic (exact) mass is 225 g/mol. The number of carbonyl (C=O) groups excluding carboxylic acids is 1. The first-order valence-corrected chi connectivity index (χ1v) is 5.39. The van der Waals surface area contributed by atoms with Gasteiger partial charge in [0.2, 0.25) is 11.9 Å². The normalized spacial score (nSPS) is 11.4. The fourth-order valence-electron chi connectivity index (χ4n) is 1.64. The molecule has 1 rings (SSSR count). The predicted molar refractivity (Wildman–Crippen MR) is 61.6 cm³/mol. The van der Waals surface area contributed by atoms with Crippen LogP contribution >= 0.6 is 0 Å². The highest BCUT2D eigenvalue weighted by atomic mass is 16.2. The Hall–Kier alpha value is -1.59. The fraction of sp³-hybridized carbons (Fsp3) is 0.700. The quantitative estimate of drug-likeness (QED) is 0.766. The Labute approximate surface area is 95.2 Å². The molecule has 0 aliphatic rings. The topological polar surface area (TPSA) is 85.8 Å². The lowest BCUT2D eigenvalue weighted by Crippen LogP contribution is -2.44. The van der Waals surface area contributed by atoms with Crippen LogP contribution in [0.1, 0.15) is 33.6 Å². The summed E-state index contributed by atoms with van der Waals surface area (Å²) >= 11 is 0. The SMILES string of the molecule is CCCC(C)(C)NC(=O)Cn1cnc(N)n1. The maximum absolute atomic E-state index is 11.7. The van der Waals surface area contributed by atoms with E-state index in [2.05, 4.69) is 22.3 Å². The van der Waals surface area contributed by atoms with Gasteiger partial charge in [0.15, 0.2) is 0 Å². The maximum atomic E-state index is 11.7. The third-order valence-corrected chi connectivity index (χ3v) is 2.21. The number of nitrogens with zero attached hydrogens (tertiary/aromatic N) is 3. The van der Waals surface area contributed by atoms with E-state index in [9.17, 15) is 4.79 Å². The molecule has 0 radical (unpaired) electrons. The van der Waals surface area contributed by atoms with E-state index in [1.807, 2.05) is 13.8 Å². The highest BCUT2D eigenvalue weighted by Gasteiger charge is 2.19. The summed E-state index contributed by atoms with van der Waals surface area (Å²) in [6.07, 6.45) is 3.42. The van der Waals surface area contributed by atoms with Gasteiger partial charge in [-0.25, -0.2) is 9.67 Å². The molecule has 1 aromatic heterocycles. The minimum atomic E-state index is -0.183. The number of hydrogen-bond donors (Lipinski definition) is 2. The van der Waals surface area contributed by atoms with Crippen molar-refractivity contribution in [2.24, 2.45) is 0 Å². The van der Waals surface area contributed by atoms with Crippen molar-refractivity contribution in [2.45, 2.75) is 45.7 Å². The molecular formula is C10H19N5O. The minimum Gasteiger partial charge on any atom is -0.367 e. The van der Waals surface area contributed by atoms with Crippen LogP contribution in [-0.2, 0) is 11.3 Å². The zero-order chi connectivity index (χ0) is 12.2. The molecule has 0 aliphatic heterocycles. The van der Waals surface area contributed by atoms with E-state index in [1.165, 1.54) is 11.0 Å². The number of nitrogen functional groups attached to an aromatic ring is 1. The third-order valence-electron chi connectivity index (χ3n) is 2.21. The average molecular weight is 225 g/mol. The first-order valence-electron chi connectivity index (χ1n) is 5.39. The summed E-state index contributed by atoms with van der Waals surface area (Å²) in [6, 6.07) is 0. The number of hydrogen-bond acceptors (Lipinski definition) is 4. The molecule has 6 heteroatoms. The predicted octanol–water partition coefficient (Wildman–Crippen LogP) is 0.555. The Kier molecular flexibility index (Phi) is 3.87. The molecule has 1 amide bonds. The molecule has 3 N–H and O–H groups in total. The second-order valence-electron chi connectivity index (χ2n) is 4.48. The van der Waals surface area contributed by atoms with Crippen LogP contribution in [0.5, 0.6) is 0 Å². The molecule has 16 heavy (non-hydrogen) atoms. The lowest BCUT2D eigenvalue weighted by atomic mass is 9.99. The zero-order valence-electron chi connectivity index (χ0n) is 10.0. The van der Waals surface area contributed by atoms with Crippen LogP contribution in [0.2, 0.25) is 0 Å². The van der Waals surface area contributed by atoms with Crippen LogP contribution in [0.3, 0.4) is 0 Å². The zero-order valence-corrected chi connectivity index (χ0v) is 10.0. The van der Waals surface area contributed by atoms with Gasteiger partial charge in [0.05, 0.1) is 0 Å². The molecule has 0 bridgehead atoms. The second-order valence-corrected chi connectivity index (χ2v) is 4.48. The lowest BCUT2D eigenvalue weighted by molar-refractivity contribution is -0.123. The molecule has 0 fully saturated rings. The highest BCUT2D eigenvalue weighted by molar-refractivity contribution is 5.76. The third kappa shape index (κ3) is 3.88. The number of nitrogens with two attached hydrogens (primary N) is 1. The number of nitrogens with one attached hydrogen (secondary N) is 1. The summed E-state index contributed by atoms with van der Waals surface area (Å²) in [6.45, 7) is 6.25. The standard InChI is InChI=1S/C10H19N5O/c1-4-5-10(2,3)13-8(16)6-15-7-12-9(11)14-15/h7H,4-6H2,1-3H3,(H2,11,14)(H,13,16). The van der Waals surface area contributed by atoms with Crippen molar-refractivity contribution in [3.05, 3.63) is 6.33 Å². The Balaban J connectivity index is 2.47. The fourth-order valence-corrected chi connectivity index (χ4v) is 1.64. The van der Waals surface area contributed by atoms with E-state index in [1.54, 1.807) is 0 Å². The number of rotatable bonds is 5. The van der Waals surface area contributed by atoms with Crippen molar-refractivity contribution in [1.29, 1.82) is 0 Å². The van der Waals surface area contributed by atoms with Crippen molar-refractivity contribution in [3.8, 4) is 0 Å². The molecule has 0 unspecified atom stereocenters. The van der Waals surface area contributed by atoms with Crippen molar-refractivity contribution in [3.63, 3.8) is 0 Å². The summed E-state index contributed by atoms with van der Waals surface area (Å²) in [5, 5.41) is 6.80. The summed E-state index contributed by atoms with van der Waals surface area (Å²) in [7, 11) is 0. The Morgan fingerprint density at radius 2 is 2.31 bits per heavy atom. The molecule has 0 aromatic carbocycles. The lowest BCUT2D eigenvalue weighted by Gasteiger charge is -2.25. The van der Waals surface area contributed by atoms with Crippen LogP contribution < -0.4 is 11.1 Å². The number of anilines is 1. The van der Waals surface area contributed by atoms with Gasteiger partial charge in [-0.1, -0.05) is 13.3 Å². The van der Waals surface area contributed by atoms with E-state index in [0.717, 1.165) is 12.8 Å². The van der Waals surface area contributed by atoms with Gasteiger partial charge in [-0.2, -0.15) is 0 Å². The largest absolute Gasteiger partial charge is 0.367 e. The minimum absolute atomic E-state index is 0.0802. The molecule has 6 nitrogen and oxygen atoms in total. The smallest absolute Gasteiger partial charge is 0.242 e. The van der Waals surface area contributed by atoms with Crippen molar-refractivity contribution >= 4 is 11.9 Å². The first kappa shape index (κ1) is 12.5. The number of amides is 1. The average Bonchev–Trinajstić information content (AvgIpc) is 2.49. The Bertz CT molecular complexity index is 358. The van der Waals surface area contributed by atoms with Gasteiger partial charge in [0.1, 0.15) is 12.9 Å². The molecule has 0 atom stereocenters. The van der Waals surface area contributed by atoms with E-state index in [-0.39, 0.29) is 23.9 Å². The molecule has 0 aliphatic carbocycles. The van der Waals surface area contributed by atoms with Crippen LogP contribution in [0, 0.1) is 0 Å². The van der Waals surface area contributed by atoms with Crippen molar-refractivity contribution in [2.75, 3.05) is 5.73 Å². The van der Waals surface area contributed by atoms with Gasteiger partial charge in [-0.05, 0) is 20.3 Å². The van der Waals surface area contributed by atoms with Crippen LogP contribution in [0.4, 0.5) is 5.95 Å². The van der Waals surface area contributed by atoms with Gasteiger partial charge < -0.3 is 11.1 Å². The molecule has 0 spiro atoms. The van der Waals surface area contributed by atoms with E-state index >= 15 is 0 Å². The van der Waals surface area contributed by atoms with Gasteiger partial charge in [0, 0.05) is 5.54 Å². The van der Waals surface area contributed by atoms with Crippen LogP contribution in [0.15, 0.2) is 6.33 Å². The van der Waals surface area contributed by atoms with E-state index in [4.69, 9.17) is 5.73 Å². The van der Waals surface area contributed by atoms with Crippen LogP contribution in [0.25, 0.3) is 0 Å². The summed E-state index contributed by atoms with van der Waals surface area (Å²) < 4.78 is 1.42. The molecule has 1 heterocycles. The molecular weight excluding hydrogens is 206 g/mol. The molecule has 0 saturated carbocycles. The van der Waals surface area contributed by atoms with Crippen molar-refractivity contribution in [1.82, 2.24) is 20.1 Å². The van der Waals surface area contributed by atoms with Gasteiger partial charge >= 0.3 is 0 Å². The van der Waals surface area contributed by atoms with Gasteiger partial charge in [0.25, 0.3) is 0 Å². The van der Waals surface area contributed by atoms with Crippen LogP contribution in [-0.4, -0.2) is 26.2 Å². The second kappa shape index (κ2) is 4.96. The molecule has 90 valence electrons. The van der Waals surface area contributed by atoms with E-state index < -0.39 is 0 Å². The highest BCUT2D eigenvalue weighted by Crippen LogP contribution is 2.10. The van der Waals surface area contributed by atoms with Crippen molar-refractivity contribution < 1.29 is 4.79 Å². The summed E-state index contributed by atoms with van der Waals surface area (Å²) in [5.74, 6) is 0.101. The van der Waals surface area contributed by atoms with Gasteiger partial charge in [-0.15, -0.1) is 5.10 Å². The number of carbonyl (C=O) groups is 1. The molecule has 1 aromatic rings.